The molecule has 2 fully saturated rings. The van der Waals surface area contributed by atoms with E-state index in [-0.39, 0.29) is 17.1 Å². The smallest absolute Gasteiger partial charge is 0.267 e. The van der Waals surface area contributed by atoms with Crippen molar-refractivity contribution in [3.8, 4) is 0 Å². The molecule has 7 amide bonds. The third kappa shape index (κ3) is 4.83. The van der Waals surface area contributed by atoms with Crippen molar-refractivity contribution in [2.24, 2.45) is 0 Å². The van der Waals surface area contributed by atoms with E-state index in [9.17, 15) is 36.3 Å². The number of urea groups is 3. The van der Waals surface area contributed by atoms with Crippen LogP contribution in [-0.4, -0.2) is 29.8 Å². The van der Waals surface area contributed by atoms with E-state index in [1.54, 1.807) is 0 Å². The van der Waals surface area contributed by atoms with Gasteiger partial charge in [-0.1, -0.05) is 30.3 Å². The summed E-state index contributed by atoms with van der Waals surface area (Å²) in [5.41, 5.74) is -1.87. The van der Waals surface area contributed by atoms with Gasteiger partial charge in [0.1, 0.15) is 29.1 Å². The van der Waals surface area contributed by atoms with Crippen molar-refractivity contribution < 1.29 is 41.1 Å². The first-order valence-corrected chi connectivity index (χ1v) is 14.5. The van der Waals surface area contributed by atoms with Crippen LogP contribution in [-0.2, 0) is 4.79 Å². The summed E-state index contributed by atoms with van der Waals surface area (Å²) in [6, 6.07) is 17.2. The molecule has 9 nitrogen and oxygen atoms in total. The van der Waals surface area contributed by atoms with Gasteiger partial charge < -0.3 is 0 Å². The van der Waals surface area contributed by atoms with Crippen LogP contribution in [0, 0.1) is 29.1 Å². The molecule has 244 valence electrons. The van der Waals surface area contributed by atoms with E-state index in [0.717, 1.165) is 60.7 Å². The molecule has 2 saturated heterocycles. The average molecular weight is 670 g/mol. The normalized spacial score (nSPS) is 16.0. The van der Waals surface area contributed by atoms with Crippen LogP contribution in [0.1, 0.15) is 0 Å². The fourth-order valence-electron chi connectivity index (χ4n) is 6.00. The van der Waals surface area contributed by atoms with Crippen LogP contribution < -0.4 is 24.5 Å². The predicted octanol–water partition coefficient (Wildman–Crippen LogP) is 7.78. The Labute approximate surface area is 274 Å². The van der Waals surface area contributed by atoms with Gasteiger partial charge in [-0.2, -0.15) is 0 Å². The molecule has 0 aromatic heterocycles. The molecule has 14 heteroatoms. The lowest BCUT2D eigenvalue weighted by atomic mass is 10.1. The Hall–Kier alpha value is -6.57. The lowest BCUT2D eigenvalue weighted by Gasteiger charge is -2.54. The Morgan fingerprint density at radius 2 is 0.633 bits per heavy atom. The molecule has 49 heavy (non-hydrogen) atoms. The van der Waals surface area contributed by atoms with E-state index >= 15 is 4.79 Å². The standard InChI is InChI=1S/C35H20F5N5O4/c36-21-6-1-11-26(16-21)41-31(46)35(43(32(41)47)28-13-3-8-23(38)18-28)44(29-14-4-9-24(39)19-29)33(48)42(27-12-2-7-22(37)17-27)34(49)45(35)30-15-5-10-25(40)20-30/h1-20H. The first kappa shape index (κ1) is 31.1. The number of imide groups is 2. The lowest BCUT2D eigenvalue weighted by Crippen LogP contribution is -2.82. The van der Waals surface area contributed by atoms with E-state index in [1.165, 1.54) is 60.7 Å². The zero-order valence-corrected chi connectivity index (χ0v) is 24.8. The molecule has 1 spiro atoms. The molecule has 7 rings (SSSR count). The number of nitrogens with zero attached hydrogens (tertiary/aromatic N) is 5. The van der Waals surface area contributed by atoms with Crippen molar-refractivity contribution in [1.29, 1.82) is 0 Å². The number of carbonyl (C=O) groups excluding carboxylic acids is 4. The minimum absolute atomic E-state index is 0.344. The zero-order valence-electron chi connectivity index (χ0n) is 24.8. The first-order valence-electron chi connectivity index (χ1n) is 14.5. The van der Waals surface area contributed by atoms with E-state index in [0.29, 0.717) is 24.5 Å². The highest BCUT2D eigenvalue weighted by molar-refractivity contribution is 6.40. The number of hydrogen-bond donors (Lipinski definition) is 0. The molecule has 2 aliphatic heterocycles. The van der Waals surface area contributed by atoms with Crippen LogP contribution in [0.5, 0.6) is 0 Å². The molecular formula is C35H20F5N5O4. The summed E-state index contributed by atoms with van der Waals surface area (Å²) in [5.74, 6) is -8.90. The molecule has 2 aliphatic rings. The van der Waals surface area contributed by atoms with Gasteiger partial charge in [0, 0.05) is 0 Å². The van der Waals surface area contributed by atoms with E-state index in [1.807, 2.05) is 0 Å². The third-order valence-corrected chi connectivity index (χ3v) is 7.91. The van der Waals surface area contributed by atoms with Crippen molar-refractivity contribution in [2.75, 3.05) is 24.5 Å². The second-order valence-corrected chi connectivity index (χ2v) is 10.9. The summed E-state index contributed by atoms with van der Waals surface area (Å²) in [7, 11) is 0. The Morgan fingerprint density at radius 3 is 0.959 bits per heavy atom. The number of anilines is 5. The van der Waals surface area contributed by atoms with Crippen molar-refractivity contribution >= 4 is 52.4 Å². The fraction of sp³-hybridized carbons (Fsp3) is 0.0286. The maximum atomic E-state index is 15.2. The summed E-state index contributed by atoms with van der Waals surface area (Å²) in [5, 5.41) is 0. The van der Waals surface area contributed by atoms with Crippen molar-refractivity contribution in [2.45, 2.75) is 5.79 Å². The van der Waals surface area contributed by atoms with Crippen molar-refractivity contribution in [3.63, 3.8) is 0 Å². The molecule has 0 N–H and O–H groups in total. The van der Waals surface area contributed by atoms with Crippen LogP contribution in [0.4, 0.5) is 64.8 Å². The molecule has 0 bridgehead atoms. The summed E-state index contributed by atoms with van der Waals surface area (Å²) in [6.45, 7) is 0. The largest absolute Gasteiger partial charge is 0.341 e. The van der Waals surface area contributed by atoms with Crippen LogP contribution in [0.2, 0.25) is 0 Å². The Bertz CT molecular complexity index is 2130. The SMILES string of the molecule is O=C1N(c2cccc(F)c2)C(=O)N(c2cccc(F)c2)C2(C(=O)N(c3cccc(F)c3)C(=O)N2c2cccc(F)c2)N1c1cccc(F)c1. The molecule has 0 aliphatic carbocycles. The maximum absolute atomic E-state index is 15.2. The first-order chi connectivity index (χ1) is 23.5. The van der Waals surface area contributed by atoms with Gasteiger partial charge in [0.2, 0.25) is 0 Å². The predicted molar refractivity (Wildman–Crippen MR) is 168 cm³/mol. The van der Waals surface area contributed by atoms with Crippen molar-refractivity contribution in [3.05, 3.63) is 150 Å². The molecular weight excluding hydrogens is 649 g/mol. The molecule has 2 heterocycles. The van der Waals surface area contributed by atoms with Gasteiger partial charge in [-0.3, -0.25) is 4.79 Å². The van der Waals surface area contributed by atoms with Gasteiger partial charge in [-0.05, 0) is 91.0 Å². The van der Waals surface area contributed by atoms with Gasteiger partial charge in [-0.25, -0.2) is 60.8 Å². The number of carbonyl (C=O) groups is 4. The second kappa shape index (κ2) is 11.6. The Balaban J connectivity index is 1.63. The van der Waals surface area contributed by atoms with Crippen LogP contribution in [0.25, 0.3) is 0 Å². The monoisotopic (exact) mass is 669 g/mol. The summed E-state index contributed by atoms with van der Waals surface area (Å²) in [4.78, 5) is 62.1. The summed E-state index contributed by atoms with van der Waals surface area (Å²) < 4.78 is 74.0. The number of rotatable bonds is 5. The van der Waals surface area contributed by atoms with Crippen molar-refractivity contribution in [1.82, 2.24) is 0 Å². The highest BCUT2D eigenvalue weighted by atomic mass is 19.1. The van der Waals surface area contributed by atoms with E-state index in [4.69, 9.17) is 0 Å². The molecule has 5 aromatic rings. The van der Waals surface area contributed by atoms with Gasteiger partial charge >= 0.3 is 24.0 Å². The van der Waals surface area contributed by atoms with Gasteiger partial charge in [-0.15, -0.1) is 0 Å². The number of hydrogen-bond acceptors (Lipinski definition) is 4. The van der Waals surface area contributed by atoms with Crippen LogP contribution in [0.15, 0.2) is 121 Å². The third-order valence-electron chi connectivity index (χ3n) is 7.91. The second-order valence-electron chi connectivity index (χ2n) is 10.9. The number of halogens is 5. The molecule has 0 unspecified atom stereocenters. The summed E-state index contributed by atoms with van der Waals surface area (Å²) in [6.07, 6.45) is 0. The van der Waals surface area contributed by atoms with Gasteiger partial charge in [0.25, 0.3) is 5.79 Å². The topological polar surface area (TPSA) is 84.5 Å². The molecule has 0 saturated carbocycles. The number of amides is 7. The number of benzene rings is 5. The minimum Gasteiger partial charge on any atom is -0.267 e. The zero-order chi connectivity index (χ0) is 34.6. The maximum Gasteiger partial charge on any atom is 0.341 e. The molecule has 0 radical (unpaired) electrons. The average Bonchev–Trinajstić information content (AvgIpc) is 3.27. The fourth-order valence-corrected chi connectivity index (χ4v) is 6.00. The Kier molecular flexibility index (Phi) is 7.35. The van der Waals surface area contributed by atoms with Crippen LogP contribution in [0.3, 0.4) is 0 Å². The van der Waals surface area contributed by atoms with E-state index < -0.39 is 70.2 Å². The Morgan fingerprint density at radius 1 is 0.367 bits per heavy atom. The highest BCUT2D eigenvalue weighted by Gasteiger charge is 2.72. The minimum atomic E-state index is -3.06. The molecule has 5 aromatic carbocycles. The highest BCUT2D eigenvalue weighted by Crippen LogP contribution is 2.48. The van der Waals surface area contributed by atoms with Gasteiger partial charge in [0.05, 0.1) is 28.4 Å². The van der Waals surface area contributed by atoms with E-state index in [2.05, 4.69) is 0 Å². The summed E-state index contributed by atoms with van der Waals surface area (Å²) >= 11 is 0. The quantitative estimate of drug-likeness (QED) is 0.141. The lowest BCUT2D eigenvalue weighted by molar-refractivity contribution is -0.121. The van der Waals surface area contributed by atoms with Gasteiger partial charge in [0.15, 0.2) is 0 Å². The van der Waals surface area contributed by atoms with Crippen LogP contribution >= 0.6 is 0 Å². The molecule has 0 atom stereocenters.